The van der Waals surface area contributed by atoms with Crippen LogP contribution in [0.2, 0.25) is 0 Å². The first kappa shape index (κ1) is 26.3. The van der Waals surface area contributed by atoms with Crippen molar-refractivity contribution in [2.75, 3.05) is 20.3 Å². The van der Waals surface area contributed by atoms with E-state index in [9.17, 15) is 24.3 Å². The number of benzene rings is 2. The van der Waals surface area contributed by atoms with Crippen LogP contribution in [0, 0.1) is 5.92 Å². The zero-order valence-electron chi connectivity index (χ0n) is 20.2. The van der Waals surface area contributed by atoms with Crippen LogP contribution in [0.4, 0.5) is 0 Å². The van der Waals surface area contributed by atoms with Crippen LogP contribution in [0.15, 0.2) is 57.7 Å². The number of nitrogens with one attached hydrogen (secondary N) is 2. The van der Waals surface area contributed by atoms with Crippen LogP contribution in [0.5, 0.6) is 11.5 Å². The second kappa shape index (κ2) is 11.9. The number of aliphatic carboxylic acids is 1. The number of hydrogen-bond donors (Lipinski definition) is 3. The molecule has 2 unspecified atom stereocenters. The monoisotopic (exact) mass is 496 g/mol. The van der Waals surface area contributed by atoms with Gasteiger partial charge < -0.3 is 29.6 Å². The van der Waals surface area contributed by atoms with E-state index in [0.29, 0.717) is 28.9 Å². The van der Waals surface area contributed by atoms with E-state index < -0.39 is 36.1 Å². The van der Waals surface area contributed by atoms with Crippen molar-refractivity contribution in [1.82, 2.24) is 10.6 Å². The summed E-state index contributed by atoms with van der Waals surface area (Å²) in [6.45, 7) is 2.76. The molecular weight excluding hydrogens is 468 g/mol. The van der Waals surface area contributed by atoms with Crippen molar-refractivity contribution >= 4 is 28.8 Å². The molecular formula is C26H28N2O8. The molecule has 10 nitrogen and oxygen atoms in total. The summed E-state index contributed by atoms with van der Waals surface area (Å²) in [5, 5.41) is 14.7. The Hall–Kier alpha value is -4.34. The average molecular weight is 497 g/mol. The molecule has 1 aromatic heterocycles. The summed E-state index contributed by atoms with van der Waals surface area (Å²) in [7, 11) is 1.57. The number of rotatable bonds is 11. The molecule has 0 spiro atoms. The summed E-state index contributed by atoms with van der Waals surface area (Å²) >= 11 is 0. The lowest BCUT2D eigenvalue weighted by molar-refractivity contribution is -0.143. The zero-order valence-corrected chi connectivity index (χ0v) is 20.2. The van der Waals surface area contributed by atoms with Gasteiger partial charge in [0.1, 0.15) is 23.1 Å². The van der Waals surface area contributed by atoms with E-state index in [4.69, 9.17) is 13.9 Å². The Labute approximate surface area is 207 Å². The van der Waals surface area contributed by atoms with Gasteiger partial charge in [0.05, 0.1) is 13.7 Å². The van der Waals surface area contributed by atoms with Crippen molar-refractivity contribution in [2.45, 2.75) is 26.3 Å². The van der Waals surface area contributed by atoms with Gasteiger partial charge in [0.25, 0.3) is 5.91 Å². The summed E-state index contributed by atoms with van der Waals surface area (Å²) < 4.78 is 16.0. The quantitative estimate of drug-likeness (QED) is 0.344. The lowest BCUT2D eigenvalue weighted by atomic mass is 9.99. The Balaban J connectivity index is 1.62. The molecule has 0 aliphatic rings. The van der Waals surface area contributed by atoms with E-state index in [2.05, 4.69) is 10.6 Å². The molecule has 0 aliphatic carbocycles. The van der Waals surface area contributed by atoms with Crippen molar-refractivity contribution in [3.8, 4) is 22.6 Å². The highest BCUT2D eigenvalue weighted by molar-refractivity contribution is 5.94. The van der Waals surface area contributed by atoms with Crippen LogP contribution < -0.4 is 25.7 Å². The number of carboxylic acids is 1. The molecule has 2 atom stereocenters. The third-order valence-corrected chi connectivity index (χ3v) is 5.73. The van der Waals surface area contributed by atoms with E-state index in [1.807, 2.05) is 19.1 Å². The molecule has 190 valence electrons. The van der Waals surface area contributed by atoms with Gasteiger partial charge in [0, 0.05) is 17.5 Å². The summed E-state index contributed by atoms with van der Waals surface area (Å²) in [6.07, 6.45) is 0.574. The second-order valence-electron chi connectivity index (χ2n) is 8.20. The predicted octanol–water partition coefficient (Wildman–Crippen LogP) is 2.58. The lowest BCUT2D eigenvalue weighted by Gasteiger charge is -2.20. The minimum absolute atomic E-state index is 0.260. The Morgan fingerprint density at radius 1 is 1.03 bits per heavy atom. The minimum Gasteiger partial charge on any atom is -0.497 e. The Morgan fingerprint density at radius 3 is 2.36 bits per heavy atom. The standard InChI is InChI=1S/C26H28N2O8/c1-4-15(2)25(26(32)33)28-22(29)13-27-23(30)14-35-18-9-10-19-20(12-24(31)36-21(19)11-18)16-5-7-17(34-3)8-6-16/h5-12,15,25H,4,13-14H2,1-3H3,(H,27,30)(H,28,29)(H,32,33). The smallest absolute Gasteiger partial charge is 0.336 e. The number of carboxylic acid groups (broad SMARTS) is 1. The lowest BCUT2D eigenvalue weighted by Crippen LogP contribution is -2.48. The maximum atomic E-state index is 12.1. The first-order chi connectivity index (χ1) is 17.2. The minimum atomic E-state index is -1.13. The molecule has 3 rings (SSSR count). The highest BCUT2D eigenvalue weighted by atomic mass is 16.5. The van der Waals surface area contributed by atoms with Crippen molar-refractivity contribution in [3.05, 3.63) is 59.0 Å². The van der Waals surface area contributed by atoms with E-state index >= 15 is 0 Å². The zero-order chi connectivity index (χ0) is 26.2. The number of ether oxygens (including phenoxy) is 2. The van der Waals surface area contributed by atoms with Crippen LogP contribution in [-0.2, 0) is 14.4 Å². The van der Waals surface area contributed by atoms with E-state index in [1.165, 1.54) is 12.1 Å². The Kier molecular flexibility index (Phi) is 8.66. The van der Waals surface area contributed by atoms with Gasteiger partial charge in [0.2, 0.25) is 5.91 Å². The van der Waals surface area contributed by atoms with Gasteiger partial charge in [-0.2, -0.15) is 0 Å². The van der Waals surface area contributed by atoms with Gasteiger partial charge in [-0.15, -0.1) is 0 Å². The fraction of sp³-hybridized carbons (Fsp3) is 0.308. The third kappa shape index (κ3) is 6.62. The first-order valence-corrected chi connectivity index (χ1v) is 11.4. The maximum absolute atomic E-state index is 12.1. The molecule has 10 heteroatoms. The number of methoxy groups -OCH3 is 1. The molecule has 0 bridgehead atoms. The van der Waals surface area contributed by atoms with Gasteiger partial charge in [-0.1, -0.05) is 32.4 Å². The van der Waals surface area contributed by atoms with Crippen LogP contribution in [-0.4, -0.2) is 49.2 Å². The van der Waals surface area contributed by atoms with Crippen molar-refractivity contribution < 1.29 is 33.4 Å². The van der Waals surface area contributed by atoms with Crippen LogP contribution >= 0.6 is 0 Å². The number of hydrogen-bond acceptors (Lipinski definition) is 7. The molecule has 3 aromatic rings. The van der Waals surface area contributed by atoms with Gasteiger partial charge in [-0.3, -0.25) is 9.59 Å². The molecule has 1 heterocycles. The summed E-state index contributed by atoms with van der Waals surface area (Å²) in [6, 6.07) is 12.5. The topological polar surface area (TPSA) is 144 Å². The highest BCUT2D eigenvalue weighted by Gasteiger charge is 2.25. The molecule has 0 saturated carbocycles. The van der Waals surface area contributed by atoms with Crippen LogP contribution in [0.1, 0.15) is 20.3 Å². The average Bonchev–Trinajstić information content (AvgIpc) is 2.88. The predicted molar refractivity (Wildman–Crippen MR) is 132 cm³/mol. The second-order valence-corrected chi connectivity index (χ2v) is 8.20. The van der Waals surface area contributed by atoms with Crippen molar-refractivity contribution in [1.29, 1.82) is 0 Å². The van der Waals surface area contributed by atoms with Gasteiger partial charge >= 0.3 is 11.6 Å². The first-order valence-electron chi connectivity index (χ1n) is 11.4. The van der Waals surface area contributed by atoms with E-state index in [1.54, 1.807) is 38.3 Å². The summed E-state index contributed by atoms with van der Waals surface area (Å²) in [5.41, 5.74) is 1.23. The molecule has 0 fully saturated rings. The summed E-state index contributed by atoms with van der Waals surface area (Å²) in [5.74, 6) is -1.60. The van der Waals surface area contributed by atoms with E-state index in [0.717, 1.165) is 5.56 Å². The maximum Gasteiger partial charge on any atom is 0.336 e. The molecule has 0 saturated heterocycles. The number of carbonyl (C=O) groups excluding carboxylic acids is 2. The molecule has 2 aromatic carbocycles. The molecule has 36 heavy (non-hydrogen) atoms. The summed E-state index contributed by atoms with van der Waals surface area (Å²) in [4.78, 5) is 47.6. The normalized spacial score (nSPS) is 12.4. The largest absolute Gasteiger partial charge is 0.497 e. The molecule has 0 radical (unpaired) electrons. The van der Waals surface area contributed by atoms with Crippen molar-refractivity contribution in [3.63, 3.8) is 0 Å². The SMILES string of the molecule is CCC(C)C(NC(=O)CNC(=O)COc1ccc2c(-c3ccc(OC)cc3)cc(=O)oc2c1)C(=O)O. The Bertz CT molecular complexity index is 1300. The number of amides is 2. The van der Waals surface area contributed by atoms with Crippen LogP contribution in [0.25, 0.3) is 22.1 Å². The molecule has 3 N–H and O–H groups in total. The fourth-order valence-electron chi connectivity index (χ4n) is 3.53. The number of fused-ring (bicyclic) bond motifs is 1. The van der Waals surface area contributed by atoms with Crippen LogP contribution in [0.3, 0.4) is 0 Å². The van der Waals surface area contributed by atoms with E-state index in [-0.39, 0.29) is 18.0 Å². The highest BCUT2D eigenvalue weighted by Crippen LogP contribution is 2.30. The fourth-order valence-corrected chi connectivity index (χ4v) is 3.53. The van der Waals surface area contributed by atoms with Crippen molar-refractivity contribution in [2.24, 2.45) is 5.92 Å². The Morgan fingerprint density at radius 2 is 1.72 bits per heavy atom. The molecule has 0 aliphatic heterocycles. The third-order valence-electron chi connectivity index (χ3n) is 5.73. The number of carbonyl (C=O) groups is 3. The van der Waals surface area contributed by atoms with Gasteiger partial charge in [-0.25, -0.2) is 9.59 Å². The van der Waals surface area contributed by atoms with Gasteiger partial charge in [-0.05, 0) is 41.3 Å². The van der Waals surface area contributed by atoms with Gasteiger partial charge in [0.15, 0.2) is 6.61 Å². The molecule has 2 amide bonds.